The minimum atomic E-state index is -4.54. The maximum Gasteiger partial charge on any atom is 0.416 e. The molecule has 0 aromatic heterocycles. The van der Waals surface area contributed by atoms with Gasteiger partial charge in [0, 0.05) is 18.7 Å². The van der Waals surface area contributed by atoms with E-state index in [0.717, 1.165) is 24.1 Å². The smallest absolute Gasteiger partial charge is 0.416 e. The normalized spacial score (nSPS) is 14.7. The van der Waals surface area contributed by atoms with Crippen LogP contribution in [-0.2, 0) is 20.5 Å². The SMILES string of the molecule is Cc1ccc(C(Oc2cccc(C(F)(F)F)c2)C(=O)OCC(=O)N2CCC2)cc1. The van der Waals surface area contributed by atoms with Gasteiger partial charge in [-0.25, -0.2) is 4.79 Å². The van der Waals surface area contributed by atoms with Crippen molar-refractivity contribution in [3.8, 4) is 5.75 Å². The summed E-state index contributed by atoms with van der Waals surface area (Å²) >= 11 is 0. The highest BCUT2D eigenvalue weighted by Gasteiger charge is 2.32. The van der Waals surface area contributed by atoms with Gasteiger partial charge in [-0.3, -0.25) is 4.79 Å². The van der Waals surface area contributed by atoms with Gasteiger partial charge in [-0.05, 0) is 31.5 Å². The van der Waals surface area contributed by atoms with E-state index >= 15 is 0 Å². The molecule has 1 amide bonds. The average Bonchev–Trinajstić information content (AvgIpc) is 2.63. The number of esters is 1. The maximum absolute atomic E-state index is 13.0. The van der Waals surface area contributed by atoms with Gasteiger partial charge in [0.25, 0.3) is 5.91 Å². The minimum Gasteiger partial charge on any atom is -0.474 e. The van der Waals surface area contributed by atoms with Gasteiger partial charge in [0.15, 0.2) is 6.61 Å². The highest BCUT2D eigenvalue weighted by atomic mass is 19.4. The van der Waals surface area contributed by atoms with Crippen molar-refractivity contribution in [2.24, 2.45) is 0 Å². The third kappa shape index (κ3) is 5.28. The van der Waals surface area contributed by atoms with Crippen LogP contribution in [0, 0.1) is 6.92 Å². The van der Waals surface area contributed by atoms with Crippen LogP contribution in [0.3, 0.4) is 0 Å². The summed E-state index contributed by atoms with van der Waals surface area (Å²) in [5, 5.41) is 0. The van der Waals surface area contributed by atoms with Crippen LogP contribution < -0.4 is 4.74 Å². The van der Waals surface area contributed by atoms with Gasteiger partial charge in [0.05, 0.1) is 5.56 Å². The highest BCUT2D eigenvalue weighted by molar-refractivity contribution is 5.83. The van der Waals surface area contributed by atoms with Crippen LogP contribution in [0.25, 0.3) is 0 Å². The fourth-order valence-corrected chi connectivity index (χ4v) is 2.74. The molecule has 0 spiro atoms. The van der Waals surface area contributed by atoms with Crippen LogP contribution in [0.1, 0.15) is 29.2 Å². The Balaban J connectivity index is 1.78. The first kappa shape index (κ1) is 20.7. The Morgan fingerprint density at radius 1 is 1.10 bits per heavy atom. The summed E-state index contributed by atoms with van der Waals surface area (Å²) in [6, 6.07) is 11.0. The summed E-state index contributed by atoms with van der Waals surface area (Å²) in [5.41, 5.74) is 0.460. The molecule has 1 fully saturated rings. The van der Waals surface area contributed by atoms with Crippen molar-refractivity contribution in [1.29, 1.82) is 0 Å². The summed E-state index contributed by atoms with van der Waals surface area (Å²) in [6.07, 6.45) is -4.93. The van der Waals surface area contributed by atoms with Crippen molar-refractivity contribution in [1.82, 2.24) is 4.90 Å². The molecule has 2 aromatic rings. The molecule has 1 unspecified atom stereocenters. The van der Waals surface area contributed by atoms with E-state index in [2.05, 4.69) is 0 Å². The second kappa shape index (κ2) is 8.55. The summed E-state index contributed by atoms with van der Waals surface area (Å²) in [6.45, 7) is 2.67. The lowest BCUT2D eigenvalue weighted by atomic mass is 10.1. The number of rotatable bonds is 6. The number of nitrogens with zero attached hydrogens (tertiary/aromatic N) is 1. The second-order valence-electron chi connectivity index (χ2n) is 6.78. The number of aryl methyl sites for hydroxylation is 1. The first-order chi connectivity index (χ1) is 13.7. The van der Waals surface area contributed by atoms with Gasteiger partial charge in [-0.2, -0.15) is 13.2 Å². The van der Waals surface area contributed by atoms with Crippen molar-refractivity contribution >= 4 is 11.9 Å². The molecule has 0 saturated carbocycles. The van der Waals surface area contributed by atoms with Gasteiger partial charge in [-0.15, -0.1) is 0 Å². The number of hydrogen-bond acceptors (Lipinski definition) is 4. The number of carbonyl (C=O) groups is 2. The molecular weight excluding hydrogens is 387 g/mol. The Bertz CT molecular complexity index is 876. The lowest BCUT2D eigenvalue weighted by Crippen LogP contribution is -2.44. The molecule has 154 valence electrons. The van der Waals surface area contributed by atoms with Crippen molar-refractivity contribution in [2.45, 2.75) is 25.6 Å². The van der Waals surface area contributed by atoms with E-state index in [1.165, 1.54) is 12.1 Å². The fourth-order valence-electron chi connectivity index (χ4n) is 2.74. The molecule has 0 N–H and O–H groups in total. The number of halogens is 3. The van der Waals surface area contributed by atoms with Crippen LogP contribution in [0.2, 0.25) is 0 Å². The Labute approximate surface area is 166 Å². The van der Waals surface area contributed by atoms with E-state index in [9.17, 15) is 22.8 Å². The summed E-state index contributed by atoms with van der Waals surface area (Å²) in [4.78, 5) is 26.1. The van der Waals surface area contributed by atoms with Crippen LogP contribution in [0.5, 0.6) is 5.75 Å². The molecule has 0 aliphatic carbocycles. The highest BCUT2D eigenvalue weighted by Crippen LogP contribution is 2.33. The van der Waals surface area contributed by atoms with Crippen molar-refractivity contribution in [2.75, 3.05) is 19.7 Å². The van der Waals surface area contributed by atoms with E-state index in [1.54, 1.807) is 29.2 Å². The molecule has 1 heterocycles. The van der Waals surface area contributed by atoms with Crippen molar-refractivity contribution < 1.29 is 32.2 Å². The fraction of sp³-hybridized carbons (Fsp3) is 0.333. The molecular formula is C21H20F3NO4. The number of amides is 1. The van der Waals surface area contributed by atoms with Crippen molar-refractivity contribution in [3.63, 3.8) is 0 Å². The molecule has 1 aliphatic heterocycles. The molecule has 1 saturated heterocycles. The van der Waals surface area contributed by atoms with Gasteiger partial charge in [-0.1, -0.05) is 35.9 Å². The summed E-state index contributed by atoms with van der Waals surface area (Å²) in [5.74, 6) is -1.29. The third-order valence-electron chi connectivity index (χ3n) is 4.56. The Morgan fingerprint density at radius 2 is 1.79 bits per heavy atom. The molecule has 1 aliphatic rings. The topological polar surface area (TPSA) is 55.8 Å². The molecule has 29 heavy (non-hydrogen) atoms. The first-order valence-corrected chi connectivity index (χ1v) is 9.09. The van der Waals surface area contributed by atoms with Crippen molar-refractivity contribution in [3.05, 3.63) is 65.2 Å². The zero-order valence-corrected chi connectivity index (χ0v) is 15.7. The Hall–Kier alpha value is -3.03. The number of hydrogen-bond donors (Lipinski definition) is 0. The number of ether oxygens (including phenoxy) is 2. The van der Waals surface area contributed by atoms with E-state index in [-0.39, 0.29) is 11.7 Å². The molecule has 0 radical (unpaired) electrons. The van der Waals surface area contributed by atoms with Crippen LogP contribution in [0.4, 0.5) is 13.2 Å². The first-order valence-electron chi connectivity index (χ1n) is 9.09. The Kier molecular flexibility index (Phi) is 6.10. The largest absolute Gasteiger partial charge is 0.474 e. The van der Waals surface area contributed by atoms with Crippen LogP contribution in [0.15, 0.2) is 48.5 Å². The molecule has 0 bridgehead atoms. The van der Waals surface area contributed by atoms with Crippen LogP contribution in [-0.4, -0.2) is 36.5 Å². The van der Waals surface area contributed by atoms with E-state index in [0.29, 0.717) is 18.7 Å². The lowest BCUT2D eigenvalue weighted by molar-refractivity contribution is -0.159. The van der Waals surface area contributed by atoms with E-state index < -0.39 is 30.4 Å². The molecule has 1 atom stereocenters. The molecule has 2 aromatic carbocycles. The van der Waals surface area contributed by atoms with E-state index in [1.807, 2.05) is 6.92 Å². The lowest BCUT2D eigenvalue weighted by Gasteiger charge is -2.30. The standard InChI is InChI=1S/C21H20F3NO4/c1-14-6-8-15(9-7-14)19(20(27)28-13-18(26)25-10-3-11-25)29-17-5-2-4-16(12-17)21(22,23)24/h2,4-9,12,19H,3,10-11,13H2,1H3. The van der Waals surface area contributed by atoms with Gasteiger partial charge in [0.1, 0.15) is 5.75 Å². The third-order valence-corrected chi connectivity index (χ3v) is 4.56. The summed E-state index contributed by atoms with van der Waals surface area (Å²) < 4.78 is 49.6. The zero-order chi connectivity index (χ0) is 21.0. The number of alkyl halides is 3. The zero-order valence-electron chi connectivity index (χ0n) is 15.7. The predicted molar refractivity (Wildman–Crippen MR) is 98.1 cm³/mol. The second-order valence-corrected chi connectivity index (χ2v) is 6.78. The quantitative estimate of drug-likeness (QED) is 0.682. The monoisotopic (exact) mass is 407 g/mol. The summed E-state index contributed by atoms with van der Waals surface area (Å²) in [7, 11) is 0. The molecule has 8 heteroatoms. The van der Waals surface area contributed by atoms with Gasteiger partial charge < -0.3 is 14.4 Å². The van der Waals surface area contributed by atoms with Crippen LogP contribution >= 0.6 is 0 Å². The molecule has 5 nitrogen and oxygen atoms in total. The number of carbonyl (C=O) groups excluding carboxylic acids is 2. The number of likely N-dealkylation sites (tertiary alicyclic amines) is 1. The van der Waals surface area contributed by atoms with E-state index in [4.69, 9.17) is 9.47 Å². The number of benzene rings is 2. The van der Waals surface area contributed by atoms with Gasteiger partial charge in [0.2, 0.25) is 6.10 Å². The predicted octanol–water partition coefficient (Wildman–Crippen LogP) is 3.91. The Morgan fingerprint density at radius 3 is 2.38 bits per heavy atom. The van der Waals surface area contributed by atoms with Gasteiger partial charge >= 0.3 is 12.1 Å². The average molecular weight is 407 g/mol. The molecule has 3 rings (SSSR count). The minimum absolute atomic E-state index is 0.128. The maximum atomic E-state index is 13.0.